The minimum atomic E-state index is -0.408. The Morgan fingerprint density at radius 1 is 1.32 bits per heavy atom. The number of hydrogen-bond acceptors (Lipinski definition) is 6. The number of carbonyl (C=O) groups excluding carboxylic acids is 1. The Morgan fingerprint density at radius 3 is 2.81 bits per heavy atom. The fourth-order valence-corrected chi connectivity index (χ4v) is 6.93. The minimum absolute atomic E-state index is 0.107. The maximum absolute atomic E-state index is 13.3. The lowest BCUT2D eigenvalue weighted by atomic mass is 9.76. The maximum atomic E-state index is 13.3. The van der Waals surface area contributed by atoms with Crippen LogP contribution in [0.3, 0.4) is 0 Å². The average molecular weight is 470 g/mol. The van der Waals surface area contributed by atoms with E-state index in [1.165, 1.54) is 9.09 Å². The van der Waals surface area contributed by atoms with Crippen LogP contribution in [0.5, 0.6) is 0 Å². The number of nitriles is 1. The van der Waals surface area contributed by atoms with E-state index in [1.807, 2.05) is 23.1 Å². The van der Waals surface area contributed by atoms with Gasteiger partial charge in [-0.15, -0.1) is 23.1 Å². The standard InChI is InChI=1S/C24H24ClN3OS2/c1-3-16-12-17(24(31-16)30-4-2)21-18(13-26)23(27)28(15-8-5-7-14(25)11-15)19-9-6-10-20(29)22(19)21/h5,7-8,11-12,21H,3-4,6,9-10,27H2,1-2H3/t21-/m1/s1. The fourth-order valence-electron chi connectivity index (χ4n) is 4.37. The predicted octanol–water partition coefficient (Wildman–Crippen LogP) is 6.38. The first kappa shape index (κ1) is 22.0. The first-order valence-corrected chi connectivity index (χ1v) is 12.6. The van der Waals surface area contributed by atoms with Gasteiger partial charge in [0.1, 0.15) is 5.82 Å². The van der Waals surface area contributed by atoms with Gasteiger partial charge < -0.3 is 5.73 Å². The van der Waals surface area contributed by atoms with Crippen molar-refractivity contribution in [3.8, 4) is 6.07 Å². The summed E-state index contributed by atoms with van der Waals surface area (Å²) in [6.07, 6.45) is 2.93. The molecule has 1 aromatic heterocycles. The van der Waals surface area contributed by atoms with E-state index in [1.54, 1.807) is 29.2 Å². The van der Waals surface area contributed by atoms with Gasteiger partial charge in [0.15, 0.2) is 5.78 Å². The second kappa shape index (κ2) is 9.12. The summed E-state index contributed by atoms with van der Waals surface area (Å²) in [4.78, 5) is 16.4. The van der Waals surface area contributed by atoms with Crippen LogP contribution in [0.15, 0.2) is 57.2 Å². The number of halogens is 1. The molecule has 4 nitrogen and oxygen atoms in total. The van der Waals surface area contributed by atoms with Crippen molar-refractivity contribution in [2.24, 2.45) is 5.73 Å². The van der Waals surface area contributed by atoms with Gasteiger partial charge in [-0.3, -0.25) is 9.69 Å². The summed E-state index contributed by atoms with van der Waals surface area (Å²) < 4.78 is 1.17. The number of ketones is 1. The van der Waals surface area contributed by atoms with E-state index < -0.39 is 5.92 Å². The molecule has 0 amide bonds. The molecule has 1 atom stereocenters. The van der Waals surface area contributed by atoms with E-state index in [9.17, 15) is 10.1 Å². The van der Waals surface area contributed by atoms with Gasteiger partial charge in [0, 0.05) is 33.3 Å². The molecule has 2 heterocycles. The number of hydrogen-bond donors (Lipinski definition) is 1. The monoisotopic (exact) mass is 469 g/mol. The molecule has 1 aliphatic carbocycles. The van der Waals surface area contributed by atoms with Gasteiger partial charge in [-0.1, -0.05) is 31.5 Å². The van der Waals surface area contributed by atoms with Crippen molar-refractivity contribution in [2.45, 2.75) is 49.7 Å². The van der Waals surface area contributed by atoms with Crippen LogP contribution in [-0.4, -0.2) is 11.5 Å². The molecule has 0 bridgehead atoms. The number of Topliss-reactive ketones (excluding diaryl/α,β-unsaturated/α-hetero) is 1. The van der Waals surface area contributed by atoms with E-state index in [0.717, 1.165) is 47.5 Å². The zero-order valence-corrected chi connectivity index (χ0v) is 20.0. The Bertz CT molecular complexity index is 1140. The number of rotatable bonds is 5. The van der Waals surface area contributed by atoms with Gasteiger partial charge in [-0.2, -0.15) is 5.26 Å². The molecule has 1 aromatic carbocycles. The highest BCUT2D eigenvalue weighted by molar-refractivity contribution is 8.01. The molecular formula is C24H24ClN3OS2. The van der Waals surface area contributed by atoms with Crippen LogP contribution in [0.2, 0.25) is 5.02 Å². The summed E-state index contributed by atoms with van der Waals surface area (Å²) in [6, 6.07) is 11.9. The highest BCUT2D eigenvalue weighted by Crippen LogP contribution is 2.50. The molecule has 2 aliphatic rings. The lowest BCUT2D eigenvalue weighted by Gasteiger charge is -2.39. The molecule has 0 unspecified atom stereocenters. The Balaban J connectivity index is 1.97. The number of allylic oxidation sites excluding steroid dienone is 3. The summed E-state index contributed by atoms with van der Waals surface area (Å²) in [5.74, 6) is 1.02. The summed E-state index contributed by atoms with van der Waals surface area (Å²) in [5, 5.41) is 10.8. The molecule has 2 N–H and O–H groups in total. The molecule has 0 spiro atoms. The van der Waals surface area contributed by atoms with Crippen LogP contribution in [0.1, 0.15) is 49.5 Å². The molecule has 0 fully saturated rings. The van der Waals surface area contributed by atoms with E-state index >= 15 is 0 Å². The first-order valence-electron chi connectivity index (χ1n) is 10.5. The second-order valence-electron chi connectivity index (χ2n) is 7.54. The van der Waals surface area contributed by atoms with Gasteiger partial charge in [0.2, 0.25) is 0 Å². The Morgan fingerprint density at radius 2 is 2.13 bits per heavy atom. The highest BCUT2D eigenvalue weighted by atomic mass is 35.5. The number of thiophene rings is 1. The molecular weight excluding hydrogens is 446 g/mol. The Labute approximate surface area is 196 Å². The van der Waals surface area contributed by atoms with Crippen LogP contribution in [0, 0.1) is 11.3 Å². The normalized spacial score (nSPS) is 19.0. The number of carbonyl (C=O) groups is 1. The Kier molecular flexibility index (Phi) is 6.47. The molecule has 7 heteroatoms. The predicted molar refractivity (Wildman–Crippen MR) is 129 cm³/mol. The third kappa shape index (κ3) is 3.91. The number of nitrogens with two attached hydrogens (primary N) is 1. The molecule has 0 saturated carbocycles. The lowest BCUT2D eigenvalue weighted by Crippen LogP contribution is -2.38. The summed E-state index contributed by atoms with van der Waals surface area (Å²) in [6.45, 7) is 4.25. The Hall–Kier alpha value is -2.20. The van der Waals surface area contributed by atoms with Crippen LogP contribution in [0.25, 0.3) is 0 Å². The third-order valence-electron chi connectivity index (χ3n) is 5.69. The van der Waals surface area contributed by atoms with Gasteiger partial charge in [0.05, 0.1) is 21.8 Å². The van der Waals surface area contributed by atoms with Crippen LogP contribution in [0.4, 0.5) is 5.69 Å². The molecule has 4 rings (SSSR count). The van der Waals surface area contributed by atoms with Crippen molar-refractivity contribution in [3.63, 3.8) is 0 Å². The number of thioether (sulfide) groups is 1. The SMILES string of the molecule is CCSc1sc(CC)cc1[C@@H]1C(C#N)=C(N)N(c2cccc(Cl)c2)C2=C1C(=O)CCC2. The van der Waals surface area contributed by atoms with Crippen molar-refractivity contribution in [1.82, 2.24) is 0 Å². The molecule has 0 radical (unpaired) electrons. The van der Waals surface area contributed by atoms with Crippen molar-refractivity contribution in [3.05, 3.63) is 68.5 Å². The number of anilines is 1. The number of aryl methyl sites for hydroxylation is 1. The summed E-state index contributed by atoms with van der Waals surface area (Å²) >= 11 is 9.77. The minimum Gasteiger partial charge on any atom is -0.384 e. The van der Waals surface area contributed by atoms with E-state index in [-0.39, 0.29) is 5.78 Å². The molecule has 160 valence electrons. The zero-order valence-electron chi connectivity index (χ0n) is 17.6. The quantitative estimate of drug-likeness (QED) is 0.514. The average Bonchev–Trinajstić information content (AvgIpc) is 3.16. The van der Waals surface area contributed by atoms with Gasteiger partial charge in [0.25, 0.3) is 0 Å². The van der Waals surface area contributed by atoms with Crippen LogP contribution >= 0.6 is 34.7 Å². The maximum Gasteiger partial charge on any atom is 0.161 e. The van der Waals surface area contributed by atoms with Gasteiger partial charge in [-0.25, -0.2) is 0 Å². The highest BCUT2D eigenvalue weighted by Gasteiger charge is 2.41. The second-order valence-corrected chi connectivity index (χ2v) is 10.6. The largest absolute Gasteiger partial charge is 0.384 e. The smallest absolute Gasteiger partial charge is 0.161 e. The van der Waals surface area contributed by atoms with Crippen molar-refractivity contribution >= 4 is 46.2 Å². The zero-order chi connectivity index (χ0) is 22.1. The molecule has 2 aromatic rings. The molecule has 1 aliphatic heterocycles. The third-order valence-corrected chi connectivity index (χ3v) is 8.41. The van der Waals surface area contributed by atoms with Gasteiger partial charge >= 0.3 is 0 Å². The van der Waals surface area contributed by atoms with E-state index in [4.69, 9.17) is 17.3 Å². The lowest BCUT2D eigenvalue weighted by molar-refractivity contribution is -0.116. The number of benzene rings is 1. The number of nitrogens with zero attached hydrogens (tertiary/aromatic N) is 2. The first-order chi connectivity index (χ1) is 15.0. The molecule has 31 heavy (non-hydrogen) atoms. The van der Waals surface area contributed by atoms with Gasteiger partial charge in [-0.05, 0) is 54.8 Å². The topological polar surface area (TPSA) is 70.1 Å². The van der Waals surface area contributed by atoms with Crippen molar-refractivity contribution < 1.29 is 4.79 Å². The summed E-state index contributed by atoms with van der Waals surface area (Å²) in [7, 11) is 0. The van der Waals surface area contributed by atoms with Crippen LogP contribution in [-0.2, 0) is 11.2 Å². The van der Waals surface area contributed by atoms with E-state index in [0.29, 0.717) is 22.8 Å². The van der Waals surface area contributed by atoms with Crippen molar-refractivity contribution in [2.75, 3.05) is 10.7 Å². The van der Waals surface area contributed by atoms with Crippen molar-refractivity contribution in [1.29, 1.82) is 5.26 Å². The van der Waals surface area contributed by atoms with Crippen LogP contribution < -0.4 is 10.6 Å². The summed E-state index contributed by atoms with van der Waals surface area (Å²) in [5.41, 5.74) is 10.5. The molecule has 0 saturated heterocycles. The fraction of sp³-hybridized carbons (Fsp3) is 0.333. The van der Waals surface area contributed by atoms with E-state index in [2.05, 4.69) is 26.0 Å².